The molecule has 0 atom stereocenters. The molecule has 46 valence electrons. The van der Waals surface area contributed by atoms with Gasteiger partial charge in [0.15, 0.2) is 5.76 Å². The van der Waals surface area contributed by atoms with E-state index in [0.29, 0.717) is 12.5 Å². The van der Waals surface area contributed by atoms with Gasteiger partial charge >= 0.3 is 0 Å². The van der Waals surface area contributed by atoms with E-state index in [9.17, 15) is 0 Å². The number of methoxy groups -OCH3 is 1. The molecule has 1 heterocycles. The van der Waals surface area contributed by atoms with Crippen molar-refractivity contribution in [3.05, 3.63) is 11.6 Å². The molecule has 0 unspecified atom stereocenters. The Kier molecular flexibility index (Phi) is 1.28. The molecule has 0 aromatic carbocycles. The highest BCUT2D eigenvalue weighted by Gasteiger charge is 2.11. The van der Waals surface area contributed by atoms with Crippen LogP contribution in [0.1, 0.15) is 6.42 Å². The summed E-state index contributed by atoms with van der Waals surface area (Å²) in [5, 5.41) is 0. The van der Waals surface area contributed by atoms with Crippen LogP contribution >= 0.6 is 0 Å². The summed E-state index contributed by atoms with van der Waals surface area (Å²) < 4.78 is 9.74. The van der Waals surface area contributed by atoms with Gasteiger partial charge in [0.2, 0.25) is 5.88 Å². The van der Waals surface area contributed by atoms with Gasteiger partial charge in [-0.25, -0.2) is 0 Å². The molecule has 8 heavy (non-hydrogen) atoms. The van der Waals surface area contributed by atoms with Gasteiger partial charge in [0, 0.05) is 6.42 Å². The topological polar surface area (TPSA) is 44.5 Å². The maximum absolute atomic E-state index is 5.32. The largest absolute Gasteiger partial charge is 0.495 e. The van der Waals surface area contributed by atoms with Gasteiger partial charge in [-0.1, -0.05) is 0 Å². The number of hydrogen-bond acceptors (Lipinski definition) is 3. The van der Waals surface area contributed by atoms with E-state index in [-0.39, 0.29) is 0 Å². The fraction of sp³-hybridized carbons (Fsp3) is 0.600. The lowest BCUT2D eigenvalue weighted by Crippen LogP contribution is -1.98. The molecule has 3 nitrogen and oxygen atoms in total. The van der Waals surface area contributed by atoms with Crippen LogP contribution in [0.5, 0.6) is 0 Å². The third-order valence-corrected chi connectivity index (χ3v) is 1.11. The van der Waals surface area contributed by atoms with Crippen molar-refractivity contribution < 1.29 is 9.47 Å². The van der Waals surface area contributed by atoms with Gasteiger partial charge in [-0.2, -0.15) is 0 Å². The molecule has 0 bridgehead atoms. The molecular weight excluding hydrogens is 106 g/mol. The number of hydrogen-bond donors (Lipinski definition) is 1. The van der Waals surface area contributed by atoms with Crippen molar-refractivity contribution in [1.82, 2.24) is 0 Å². The summed E-state index contributed by atoms with van der Waals surface area (Å²) in [4.78, 5) is 0. The normalized spacial score (nSPS) is 18.6. The van der Waals surface area contributed by atoms with E-state index < -0.39 is 0 Å². The van der Waals surface area contributed by atoms with Crippen molar-refractivity contribution >= 4 is 0 Å². The fourth-order valence-corrected chi connectivity index (χ4v) is 0.660. The predicted octanol–water partition coefficient (Wildman–Crippen LogP) is 0.181. The van der Waals surface area contributed by atoms with E-state index in [1.54, 1.807) is 7.11 Å². The van der Waals surface area contributed by atoms with Crippen LogP contribution in [-0.4, -0.2) is 13.7 Å². The number of rotatable bonds is 1. The highest BCUT2D eigenvalue weighted by atomic mass is 16.5. The smallest absolute Gasteiger partial charge is 0.223 e. The molecule has 0 spiro atoms. The lowest BCUT2D eigenvalue weighted by atomic mass is 10.4. The van der Waals surface area contributed by atoms with Crippen molar-refractivity contribution in [2.24, 2.45) is 5.73 Å². The van der Waals surface area contributed by atoms with Crippen molar-refractivity contribution in [2.75, 3.05) is 13.7 Å². The van der Waals surface area contributed by atoms with Gasteiger partial charge in [0.25, 0.3) is 0 Å². The van der Waals surface area contributed by atoms with Crippen molar-refractivity contribution in [2.45, 2.75) is 6.42 Å². The second kappa shape index (κ2) is 1.94. The molecule has 0 saturated heterocycles. The average Bonchev–Trinajstić information content (AvgIpc) is 2.14. The lowest BCUT2D eigenvalue weighted by molar-refractivity contribution is 0.239. The SMILES string of the molecule is COC1=C(N)OCC1. The Hall–Kier alpha value is -0.860. The molecule has 1 aliphatic heterocycles. The summed E-state index contributed by atoms with van der Waals surface area (Å²) in [6.45, 7) is 0.662. The zero-order valence-electron chi connectivity index (χ0n) is 4.81. The van der Waals surface area contributed by atoms with Crippen molar-refractivity contribution in [3.8, 4) is 0 Å². The Morgan fingerprint density at radius 3 is 2.75 bits per heavy atom. The van der Waals surface area contributed by atoms with Crippen LogP contribution in [0, 0.1) is 0 Å². The minimum atomic E-state index is 0.438. The highest BCUT2D eigenvalue weighted by Crippen LogP contribution is 2.13. The summed E-state index contributed by atoms with van der Waals surface area (Å²) in [6.07, 6.45) is 0.808. The molecule has 0 aromatic heterocycles. The predicted molar refractivity (Wildman–Crippen MR) is 28.8 cm³/mol. The van der Waals surface area contributed by atoms with Gasteiger partial charge in [0.1, 0.15) is 0 Å². The standard InChI is InChI=1S/C5H9NO2/c1-7-4-2-3-8-5(4)6/h2-3,6H2,1H3. The van der Waals surface area contributed by atoms with Crippen LogP contribution in [0.4, 0.5) is 0 Å². The Morgan fingerprint density at radius 1 is 1.75 bits per heavy atom. The minimum Gasteiger partial charge on any atom is -0.495 e. The zero-order chi connectivity index (χ0) is 5.98. The van der Waals surface area contributed by atoms with E-state index in [4.69, 9.17) is 15.2 Å². The van der Waals surface area contributed by atoms with Crippen LogP contribution in [0.25, 0.3) is 0 Å². The first-order valence-electron chi connectivity index (χ1n) is 2.50. The molecule has 0 saturated carbocycles. The van der Waals surface area contributed by atoms with Crippen LogP contribution < -0.4 is 5.73 Å². The summed E-state index contributed by atoms with van der Waals surface area (Å²) in [7, 11) is 1.59. The third kappa shape index (κ3) is 0.710. The molecular formula is C5H9NO2. The second-order valence-corrected chi connectivity index (χ2v) is 1.59. The van der Waals surface area contributed by atoms with Crippen LogP contribution in [0.15, 0.2) is 11.6 Å². The Bertz CT molecular complexity index is 120. The van der Waals surface area contributed by atoms with Gasteiger partial charge in [-0.3, -0.25) is 0 Å². The molecule has 0 amide bonds. The first-order chi connectivity index (χ1) is 3.84. The molecule has 2 N–H and O–H groups in total. The van der Waals surface area contributed by atoms with Gasteiger partial charge < -0.3 is 15.2 Å². The van der Waals surface area contributed by atoms with Gasteiger partial charge in [0.05, 0.1) is 13.7 Å². The molecule has 0 aliphatic carbocycles. The van der Waals surface area contributed by atoms with E-state index in [1.807, 2.05) is 0 Å². The summed E-state index contributed by atoms with van der Waals surface area (Å²) in [5.74, 6) is 1.21. The average molecular weight is 115 g/mol. The van der Waals surface area contributed by atoms with Crippen molar-refractivity contribution in [1.29, 1.82) is 0 Å². The molecule has 3 heteroatoms. The van der Waals surface area contributed by atoms with E-state index >= 15 is 0 Å². The minimum absolute atomic E-state index is 0.438. The first kappa shape index (κ1) is 5.28. The zero-order valence-corrected chi connectivity index (χ0v) is 4.81. The lowest BCUT2D eigenvalue weighted by Gasteiger charge is -1.95. The molecule has 1 rings (SSSR count). The number of ether oxygens (including phenoxy) is 2. The van der Waals surface area contributed by atoms with E-state index in [0.717, 1.165) is 12.2 Å². The monoisotopic (exact) mass is 115 g/mol. The summed E-state index contributed by atoms with van der Waals surface area (Å²) >= 11 is 0. The fourth-order valence-electron chi connectivity index (χ4n) is 0.660. The molecule has 0 radical (unpaired) electrons. The van der Waals surface area contributed by atoms with Crippen LogP contribution in [-0.2, 0) is 9.47 Å². The second-order valence-electron chi connectivity index (χ2n) is 1.59. The number of nitrogens with two attached hydrogens (primary N) is 1. The van der Waals surface area contributed by atoms with E-state index in [2.05, 4.69) is 0 Å². The molecule has 1 aliphatic rings. The summed E-state index contributed by atoms with van der Waals surface area (Å²) in [5.41, 5.74) is 5.32. The van der Waals surface area contributed by atoms with Gasteiger partial charge in [-0.15, -0.1) is 0 Å². The Morgan fingerprint density at radius 2 is 2.50 bits per heavy atom. The van der Waals surface area contributed by atoms with Crippen LogP contribution in [0.3, 0.4) is 0 Å². The Labute approximate surface area is 48.1 Å². The third-order valence-electron chi connectivity index (χ3n) is 1.11. The Balaban J connectivity index is 2.58. The first-order valence-corrected chi connectivity index (χ1v) is 2.50. The van der Waals surface area contributed by atoms with Crippen LogP contribution in [0.2, 0.25) is 0 Å². The summed E-state index contributed by atoms with van der Waals surface area (Å²) in [6, 6.07) is 0. The maximum Gasteiger partial charge on any atom is 0.223 e. The molecule has 0 aromatic rings. The van der Waals surface area contributed by atoms with E-state index in [1.165, 1.54) is 0 Å². The molecule has 0 fully saturated rings. The maximum atomic E-state index is 5.32. The quantitative estimate of drug-likeness (QED) is 0.530. The highest BCUT2D eigenvalue weighted by molar-refractivity contribution is 5.01. The van der Waals surface area contributed by atoms with Gasteiger partial charge in [-0.05, 0) is 0 Å². The van der Waals surface area contributed by atoms with Crippen molar-refractivity contribution in [3.63, 3.8) is 0 Å².